The topological polar surface area (TPSA) is 117 Å². The predicted octanol–water partition coefficient (Wildman–Crippen LogP) is 1.69. The van der Waals surface area contributed by atoms with Crippen molar-refractivity contribution in [2.24, 2.45) is 15.4 Å². The largest absolute Gasteiger partial charge is 0.406 e. The Morgan fingerprint density at radius 2 is 1.69 bits per heavy atom. The molecule has 3 N–H and O–H groups in total. The smallest absolute Gasteiger partial charge is 0.281 e. The van der Waals surface area contributed by atoms with Gasteiger partial charge in [-0.05, 0) is 25.6 Å². The van der Waals surface area contributed by atoms with Gasteiger partial charge in [-0.15, -0.1) is 10.2 Å². The van der Waals surface area contributed by atoms with E-state index in [1.807, 2.05) is 34.6 Å². The van der Waals surface area contributed by atoms with Crippen molar-refractivity contribution in [3.05, 3.63) is 0 Å². The molecule has 0 bridgehead atoms. The number of thioether (sulfide) groups is 2. The van der Waals surface area contributed by atoms with E-state index in [2.05, 4.69) is 36.1 Å². The molecular formula is C15H25N7O2S2. The van der Waals surface area contributed by atoms with Crippen LogP contribution in [0.1, 0.15) is 34.6 Å². The Morgan fingerprint density at radius 3 is 2.23 bits per heavy atom. The van der Waals surface area contributed by atoms with Crippen molar-refractivity contribution >= 4 is 41.2 Å². The minimum Gasteiger partial charge on any atom is -0.406 e. The van der Waals surface area contributed by atoms with Crippen LogP contribution in [0.3, 0.4) is 0 Å². The van der Waals surface area contributed by atoms with Gasteiger partial charge >= 0.3 is 0 Å². The molecule has 11 heteroatoms. The zero-order valence-electron chi connectivity index (χ0n) is 15.6. The molecule has 0 amide bonds. The monoisotopic (exact) mass is 399 g/mol. The first kappa shape index (κ1) is 20.6. The molecule has 1 aromatic rings. The first-order valence-electron chi connectivity index (χ1n) is 8.37. The molecule has 0 spiro atoms. The van der Waals surface area contributed by atoms with Crippen molar-refractivity contribution in [3.8, 4) is 0 Å². The third-order valence-electron chi connectivity index (χ3n) is 3.17. The van der Waals surface area contributed by atoms with Gasteiger partial charge in [0.2, 0.25) is 0 Å². The number of ketones is 1. The van der Waals surface area contributed by atoms with Crippen LogP contribution in [-0.4, -0.2) is 52.2 Å². The lowest BCUT2D eigenvalue weighted by Gasteiger charge is -2.28. The van der Waals surface area contributed by atoms with Crippen LogP contribution in [0, 0.1) is 5.41 Å². The van der Waals surface area contributed by atoms with Crippen molar-refractivity contribution < 1.29 is 9.21 Å². The number of Topliss-reactive ketones (excluding diaryl/α,β-unsaturated/α-hetero) is 1. The van der Waals surface area contributed by atoms with E-state index in [9.17, 15) is 4.79 Å². The Bertz CT molecular complexity index is 660. The Balaban J connectivity index is 1.96. The number of nitrogens with one attached hydrogen (secondary N) is 3. The molecule has 1 aliphatic rings. The van der Waals surface area contributed by atoms with Crippen LogP contribution in [0.4, 0.5) is 0 Å². The number of hydrogen-bond donors (Lipinski definition) is 3. The van der Waals surface area contributed by atoms with Gasteiger partial charge in [-0.2, -0.15) is 0 Å². The van der Waals surface area contributed by atoms with Gasteiger partial charge in [-0.1, -0.05) is 32.5 Å². The van der Waals surface area contributed by atoms with E-state index >= 15 is 0 Å². The fraction of sp³-hybridized carbons (Fsp3) is 0.667. The van der Waals surface area contributed by atoms with Crippen LogP contribution >= 0.6 is 23.5 Å². The molecule has 1 aliphatic heterocycles. The van der Waals surface area contributed by atoms with Crippen molar-refractivity contribution in [3.63, 3.8) is 0 Å². The number of carbonyl (C=O) groups excluding carboxylic acids is 1. The minimum atomic E-state index is -0.377. The van der Waals surface area contributed by atoms with Crippen LogP contribution < -0.4 is 16.0 Å². The van der Waals surface area contributed by atoms with E-state index in [4.69, 9.17) is 4.42 Å². The van der Waals surface area contributed by atoms with Crippen LogP contribution in [0.5, 0.6) is 0 Å². The second-order valence-electron chi connectivity index (χ2n) is 6.35. The molecule has 1 fully saturated rings. The molecule has 2 rings (SSSR count). The molecule has 26 heavy (non-hydrogen) atoms. The fourth-order valence-electron chi connectivity index (χ4n) is 1.76. The second kappa shape index (κ2) is 9.26. The SMILES string of the molecule is CCN=C1NC(=NCC)NC(Sc2nnc(SCC(=O)C(C)(C)C)o2)N1. The molecule has 2 heterocycles. The van der Waals surface area contributed by atoms with E-state index in [1.54, 1.807) is 0 Å². The minimum absolute atomic E-state index is 0.137. The van der Waals surface area contributed by atoms with Crippen molar-refractivity contribution in [2.75, 3.05) is 18.8 Å². The summed E-state index contributed by atoms with van der Waals surface area (Å²) in [5.41, 5.74) is -0.626. The zero-order valence-corrected chi connectivity index (χ0v) is 17.3. The lowest BCUT2D eigenvalue weighted by Crippen LogP contribution is -2.61. The summed E-state index contributed by atoms with van der Waals surface area (Å²) in [6.07, 6.45) is 0. The maximum absolute atomic E-state index is 12.0. The van der Waals surface area contributed by atoms with Gasteiger partial charge in [-0.3, -0.25) is 20.1 Å². The standard InChI is InChI=1S/C15H25N7O2S2/c1-6-16-10-18-11(17-7-2)20-12(19-10)26-14-22-21-13(24-14)25-8-9(23)15(3,4)5/h12H,6-8H2,1-5H3,(H3,16,17,18,19,20). The van der Waals surface area contributed by atoms with Gasteiger partial charge < -0.3 is 15.1 Å². The summed E-state index contributed by atoms with van der Waals surface area (Å²) in [6.45, 7) is 10.9. The Morgan fingerprint density at radius 1 is 1.12 bits per heavy atom. The highest BCUT2D eigenvalue weighted by Crippen LogP contribution is 2.26. The Kier molecular flexibility index (Phi) is 7.33. The number of carbonyl (C=O) groups is 1. The number of aliphatic imine (C=N–C) groups is 2. The molecule has 0 unspecified atom stereocenters. The fourth-order valence-corrected chi connectivity index (χ4v) is 3.50. The number of nitrogens with zero attached hydrogens (tertiary/aromatic N) is 4. The number of rotatable bonds is 7. The van der Waals surface area contributed by atoms with E-state index in [1.165, 1.54) is 23.5 Å². The summed E-state index contributed by atoms with van der Waals surface area (Å²) >= 11 is 2.57. The van der Waals surface area contributed by atoms with E-state index in [0.717, 1.165) is 0 Å². The van der Waals surface area contributed by atoms with Crippen molar-refractivity contribution in [2.45, 2.75) is 50.6 Å². The van der Waals surface area contributed by atoms with E-state index in [0.29, 0.717) is 41.2 Å². The third kappa shape index (κ3) is 6.20. The second-order valence-corrected chi connectivity index (χ2v) is 8.34. The highest BCUT2D eigenvalue weighted by atomic mass is 32.2. The first-order valence-corrected chi connectivity index (χ1v) is 10.2. The Labute approximate surface area is 161 Å². The average Bonchev–Trinajstić information content (AvgIpc) is 2.99. The number of aromatic nitrogens is 2. The number of hydrogen-bond acceptors (Lipinski definition) is 8. The van der Waals surface area contributed by atoms with Gasteiger partial charge in [0.1, 0.15) is 5.78 Å². The average molecular weight is 400 g/mol. The first-order chi connectivity index (χ1) is 12.3. The zero-order chi connectivity index (χ0) is 19.2. The molecular weight excluding hydrogens is 374 g/mol. The summed E-state index contributed by atoms with van der Waals surface area (Å²) < 4.78 is 5.61. The highest BCUT2D eigenvalue weighted by molar-refractivity contribution is 8.00. The normalized spacial score (nSPS) is 20.6. The van der Waals surface area contributed by atoms with E-state index < -0.39 is 0 Å². The quantitative estimate of drug-likeness (QED) is 0.589. The Hall–Kier alpha value is -1.75. The van der Waals surface area contributed by atoms with Gasteiger partial charge in [-0.25, -0.2) is 0 Å². The summed E-state index contributed by atoms with van der Waals surface area (Å²) in [7, 11) is 0. The van der Waals surface area contributed by atoms with Crippen LogP contribution in [-0.2, 0) is 4.79 Å². The van der Waals surface area contributed by atoms with Crippen LogP contribution in [0.15, 0.2) is 24.8 Å². The van der Waals surface area contributed by atoms with Gasteiger partial charge in [0.15, 0.2) is 17.4 Å². The third-order valence-corrected chi connectivity index (χ3v) is 4.83. The molecule has 1 saturated heterocycles. The molecule has 0 atom stereocenters. The summed E-state index contributed by atoms with van der Waals surface area (Å²) in [5.74, 6) is 1.72. The number of guanidine groups is 2. The van der Waals surface area contributed by atoms with Gasteiger partial charge in [0.05, 0.1) is 5.75 Å². The van der Waals surface area contributed by atoms with Crippen molar-refractivity contribution in [1.82, 2.24) is 26.1 Å². The van der Waals surface area contributed by atoms with Crippen LogP contribution in [0.2, 0.25) is 0 Å². The molecule has 1 aromatic heterocycles. The molecule has 0 aromatic carbocycles. The molecule has 0 radical (unpaired) electrons. The van der Waals surface area contributed by atoms with E-state index in [-0.39, 0.29) is 16.7 Å². The van der Waals surface area contributed by atoms with Gasteiger partial charge in [0.25, 0.3) is 10.4 Å². The molecule has 9 nitrogen and oxygen atoms in total. The van der Waals surface area contributed by atoms with Crippen LogP contribution in [0.25, 0.3) is 0 Å². The molecule has 0 saturated carbocycles. The summed E-state index contributed by atoms with van der Waals surface area (Å²) in [5, 5.41) is 18.3. The maximum atomic E-state index is 12.0. The lowest BCUT2D eigenvalue weighted by atomic mass is 9.92. The summed E-state index contributed by atoms with van der Waals surface area (Å²) in [4.78, 5) is 20.7. The van der Waals surface area contributed by atoms with Gasteiger partial charge in [0, 0.05) is 18.5 Å². The van der Waals surface area contributed by atoms with Crippen molar-refractivity contribution in [1.29, 1.82) is 0 Å². The maximum Gasteiger partial charge on any atom is 0.281 e. The predicted molar refractivity (Wildman–Crippen MR) is 104 cm³/mol. The molecule has 0 aliphatic carbocycles. The molecule has 144 valence electrons. The lowest BCUT2D eigenvalue weighted by molar-refractivity contribution is -0.123. The highest BCUT2D eigenvalue weighted by Gasteiger charge is 2.24. The summed E-state index contributed by atoms with van der Waals surface area (Å²) in [6, 6.07) is 0.